The van der Waals surface area contributed by atoms with Gasteiger partial charge in [0.05, 0.1) is 22.6 Å². The van der Waals surface area contributed by atoms with Crippen LogP contribution in [0.15, 0.2) is 59.9 Å². The average molecular weight is 479 g/mol. The number of benzene rings is 2. The largest absolute Gasteiger partial charge is 0.363 e. The number of carbonyl (C=O) groups excluding carboxylic acids is 1. The van der Waals surface area contributed by atoms with Crippen molar-refractivity contribution in [3.63, 3.8) is 0 Å². The fourth-order valence-corrected chi connectivity index (χ4v) is 6.46. The number of sulfonamides is 1. The molecule has 6 rings (SSSR count). The molecule has 1 aromatic heterocycles. The molecule has 1 saturated carbocycles. The maximum atomic E-state index is 13.3. The molecule has 34 heavy (non-hydrogen) atoms. The number of piperidine rings is 1. The van der Waals surface area contributed by atoms with Gasteiger partial charge in [0.1, 0.15) is 12.9 Å². The number of fused-ring (bicyclic) bond motifs is 1. The van der Waals surface area contributed by atoms with Crippen molar-refractivity contribution in [3.05, 3.63) is 55.0 Å². The zero-order valence-electron chi connectivity index (χ0n) is 18.8. The van der Waals surface area contributed by atoms with Crippen molar-refractivity contribution in [1.82, 2.24) is 19.2 Å². The van der Waals surface area contributed by atoms with E-state index in [2.05, 4.69) is 9.97 Å². The highest BCUT2D eigenvalue weighted by Gasteiger charge is 2.47. The minimum Gasteiger partial charge on any atom is -0.363 e. The van der Waals surface area contributed by atoms with Crippen LogP contribution < -0.4 is 0 Å². The Balaban J connectivity index is 1.16. The van der Waals surface area contributed by atoms with Crippen molar-refractivity contribution in [2.45, 2.75) is 42.2 Å². The van der Waals surface area contributed by atoms with Crippen molar-refractivity contribution < 1.29 is 17.9 Å². The number of aromatic nitrogens is 2. The number of ether oxygens (including phenoxy) is 1. The molecular formula is C25H26N4O4S. The molecule has 3 heterocycles. The van der Waals surface area contributed by atoms with E-state index in [1.807, 2.05) is 35.2 Å². The Hall–Kier alpha value is -2.88. The minimum atomic E-state index is -3.60. The standard InChI is InChI=1S/C25H26N4O4S/c30-24-15-33-25(16-29(24)21-5-6-21)9-11-28(12-10-25)34(31,32)22-7-3-18(4-8-22)19-1-2-20-14-26-17-27-23(20)13-19/h1-4,7-8,13-14,17,21H,5-6,9-12,15-16H2. The van der Waals surface area contributed by atoms with Crippen molar-refractivity contribution in [2.75, 3.05) is 26.2 Å². The molecule has 0 atom stereocenters. The Labute approximate surface area is 198 Å². The van der Waals surface area contributed by atoms with E-state index >= 15 is 0 Å². The normalized spacial score (nSPS) is 21.3. The summed E-state index contributed by atoms with van der Waals surface area (Å²) in [5, 5.41) is 0.958. The zero-order valence-corrected chi connectivity index (χ0v) is 19.6. The highest BCUT2D eigenvalue weighted by molar-refractivity contribution is 7.89. The third kappa shape index (κ3) is 3.87. The lowest BCUT2D eigenvalue weighted by molar-refractivity contribution is -0.170. The van der Waals surface area contributed by atoms with Gasteiger partial charge < -0.3 is 9.64 Å². The molecule has 3 aromatic rings. The first-order valence-electron chi connectivity index (χ1n) is 11.7. The predicted octanol–water partition coefficient (Wildman–Crippen LogP) is 2.84. The maximum Gasteiger partial charge on any atom is 0.248 e. The van der Waals surface area contributed by atoms with E-state index < -0.39 is 15.6 Å². The van der Waals surface area contributed by atoms with Crippen LogP contribution in [0, 0.1) is 0 Å². The number of morpholine rings is 1. The molecule has 0 bridgehead atoms. The summed E-state index contributed by atoms with van der Waals surface area (Å²) in [5.41, 5.74) is 2.32. The summed E-state index contributed by atoms with van der Waals surface area (Å²) >= 11 is 0. The van der Waals surface area contributed by atoms with E-state index in [4.69, 9.17) is 4.74 Å². The molecule has 1 amide bonds. The van der Waals surface area contributed by atoms with E-state index in [0.29, 0.717) is 38.5 Å². The van der Waals surface area contributed by atoms with E-state index in [-0.39, 0.29) is 17.4 Å². The molecule has 9 heteroatoms. The van der Waals surface area contributed by atoms with Crippen LogP contribution in [0.5, 0.6) is 0 Å². The smallest absolute Gasteiger partial charge is 0.248 e. The second kappa shape index (κ2) is 8.11. The maximum absolute atomic E-state index is 13.3. The summed E-state index contributed by atoms with van der Waals surface area (Å²) in [6.45, 7) is 1.46. The fourth-order valence-electron chi connectivity index (χ4n) is 5.02. The molecule has 0 unspecified atom stereocenters. The molecule has 3 fully saturated rings. The number of amides is 1. The topological polar surface area (TPSA) is 92.7 Å². The van der Waals surface area contributed by atoms with Crippen LogP contribution >= 0.6 is 0 Å². The lowest BCUT2D eigenvalue weighted by Crippen LogP contribution is -2.59. The number of carbonyl (C=O) groups is 1. The Morgan fingerprint density at radius 2 is 1.74 bits per heavy atom. The van der Waals surface area contributed by atoms with Crippen molar-refractivity contribution >= 4 is 26.8 Å². The third-order valence-electron chi connectivity index (χ3n) is 7.23. The van der Waals surface area contributed by atoms with Crippen molar-refractivity contribution in [3.8, 4) is 11.1 Å². The molecular weight excluding hydrogens is 452 g/mol. The van der Waals surface area contributed by atoms with Gasteiger partial charge in [-0.25, -0.2) is 18.4 Å². The predicted molar refractivity (Wildman–Crippen MR) is 126 cm³/mol. The summed E-state index contributed by atoms with van der Waals surface area (Å²) in [6, 6.07) is 13.3. The number of nitrogens with zero attached hydrogens (tertiary/aromatic N) is 4. The Morgan fingerprint density at radius 3 is 2.47 bits per heavy atom. The van der Waals surface area contributed by atoms with Gasteiger partial charge in [-0.3, -0.25) is 4.79 Å². The molecule has 2 aliphatic heterocycles. The quantitative estimate of drug-likeness (QED) is 0.573. The first-order valence-corrected chi connectivity index (χ1v) is 13.1. The summed E-state index contributed by atoms with van der Waals surface area (Å²) in [5.74, 6) is 0.0575. The van der Waals surface area contributed by atoms with Gasteiger partial charge in [-0.2, -0.15) is 4.31 Å². The lowest BCUT2D eigenvalue weighted by atomic mass is 9.90. The van der Waals surface area contributed by atoms with Crippen LogP contribution in [-0.2, 0) is 19.6 Å². The van der Waals surface area contributed by atoms with Crippen molar-refractivity contribution in [1.29, 1.82) is 0 Å². The molecule has 8 nitrogen and oxygen atoms in total. The van der Waals surface area contributed by atoms with Crippen LogP contribution in [0.2, 0.25) is 0 Å². The van der Waals surface area contributed by atoms with Crippen molar-refractivity contribution in [2.24, 2.45) is 0 Å². The second-order valence-corrected chi connectivity index (χ2v) is 11.4. The molecule has 3 aliphatic rings. The SMILES string of the molecule is O=C1COC2(CCN(S(=O)(=O)c3ccc(-c4ccc5cncnc5c4)cc3)CC2)CN1C1CC1. The van der Waals surface area contributed by atoms with E-state index in [0.717, 1.165) is 34.9 Å². The monoisotopic (exact) mass is 478 g/mol. The van der Waals surface area contributed by atoms with Crippen LogP contribution in [0.1, 0.15) is 25.7 Å². The molecule has 1 aliphatic carbocycles. The van der Waals surface area contributed by atoms with E-state index in [9.17, 15) is 13.2 Å². The van der Waals surface area contributed by atoms with Gasteiger partial charge in [0.2, 0.25) is 15.9 Å². The number of hydrogen-bond acceptors (Lipinski definition) is 6. The highest BCUT2D eigenvalue weighted by Crippen LogP contribution is 2.37. The third-order valence-corrected chi connectivity index (χ3v) is 9.15. The van der Waals surface area contributed by atoms with Gasteiger partial charge in [-0.1, -0.05) is 24.3 Å². The van der Waals surface area contributed by atoms with Gasteiger partial charge in [0.25, 0.3) is 0 Å². The molecule has 1 spiro atoms. The Morgan fingerprint density at radius 1 is 1.00 bits per heavy atom. The first kappa shape index (κ1) is 21.6. The summed E-state index contributed by atoms with van der Waals surface area (Å²) in [4.78, 5) is 22.8. The van der Waals surface area contributed by atoms with Gasteiger partial charge in [0.15, 0.2) is 0 Å². The van der Waals surface area contributed by atoms with Crippen LogP contribution in [0.4, 0.5) is 0 Å². The molecule has 0 N–H and O–H groups in total. The summed E-state index contributed by atoms with van der Waals surface area (Å²) in [7, 11) is -3.60. The second-order valence-electron chi connectivity index (χ2n) is 9.45. The van der Waals surface area contributed by atoms with Crippen LogP contribution in [0.25, 0.3) is 22.0 Å². The molecule has 176 valence electrons. The average Bonchev–Trinajstić information content (AvgIpc) is 3.71. The van der Waals surface area contributed by atoms with Crippen LogP contribution in [0.3, 0.4) is 0 Å². The van der Waals surface area contributed by atoms with Gasteiger partial charge in [-0.15, -0.1) is 0 Å². The number of rotatable bonds is 4. The first-order chi connectivity index (χ1) is 16.4. The van der Waals surface area contributed by atoms with E-state index in [1.165, 1.54) is 6.33 Å². The Bertz CT molecular complexity index is 1350. The molecule has 2 saturated heterocycles. The molecule has 0 radical (unpaired) electrons. The van der Waals surface area contributed by atoms with Gasteiger partial charge >= 0.3 is 0 Å². The van der Waals surface area contributed by atoms with E-state index in [1.54, 1.807) is 22.6 Å². The highest BCUT2D eigenvalue weighted by atomic mass is 32.2. The van der Waals surface area contributed by atoms with Gasteiger partial charge in [-0.05, 0) is 55.0 Å². The van der Waals surface area contributed by atoms with Gasteiger partial charge in [0, 0.05) is 30.7 Å². The summed E-state index contributed by atoms with van der Waals surface area (Å²) < 4.78 is 34.1. The summed E-state index contributed by atoms with van der Waals surface area (Å²) in [6.07, 6.45) is 6.60. The fraction of sp³-hybridized carbons (Fsp3) is 0.400. The zero-order chi connectivity index (χ0) is 23.3. The Kier molecular flexibility index (Phi) is 5.16. The minimum absolute atomic E-state index is 0.0575. The lowest BCUT2D eigenvalue weighted by Gasteiger charge is -2.46. The molecule has 2 aromatic carbocycles. The van der Waals surface area contributed by atoms with Crippen LogP contribution in [-0.4, -0.2) is 71.4 Å². The number of hydrogen-bond donors (Lipinski definition) is 0.